The van der Waals surface area contributed by atoms with E-state index in [0.29, 0.717) is 19.5 Å². The number of hydrogen-bond acceptors (Lipinski definition) is 3. The summed E-state index contributed by atoms with van der Waals surface area (Å²) in [5.74, 6) is -0.478. The largest absolute Gasteiger partial charge is 0.353 e. The van der Waals surface area contributed by atoms with Crippen molar-refractivity contribution in [3.8, 4) is 0 Å². The third kappa shape index (κ3) is 5.83. The molecule has 0 radical (unpaired) electrons. The van der Waals surface area contributed by atoms with Crippen LogP contribution in [0.1, 0.15) is 31.2 Å². The number of unbranched alkanes of at least 4 members (excludes halogenated alkanes) is 2. The molecule has 0 fully saturated rings. The first-order valence-corrected chi connectivity index (χ1v) is 8.18. The van der Waals surface area contributed by atoms with Gasteiger partial charge >= 0.3 is 0 Å². The summed E-state index contributed by atoms with van der Waals surface area (Å²) in [6.07, 6.45) is 9.21. The van der Waals surface area contributed by atoms with Gasteiger partial charge in [0, 0.05) is 31.7 Å². The lowest BCUT2D eigenvalue weighted by atomic mass is 10.2. The predicted molar refractivity (Wildman–Crippen MR) is 92.8 cm³/mol. The normalized spacial score (nSPS) is 13.9. The van der Waals surface area contributed by atoms with Crippen molar-refractivity contribution in [1.29, 1.82) is 0 Å². The van der Waals surface area contributed by atoms with Crippen molar-refractivity contribution in [1.82, 2.24) is 10.2 Å². The van der Waals surface area contributed by atoms with Crippen molar-refractivity contribution < 1.29 is 14.4 Å². The Bertz CT molecular complexity index is 617. The van der Waals surface area contributed by atoms with Crippen LogP contribution in [0.5, 0.6) is 0 Å². The van der Waals surface area contributed by atoms with Crippen LogP contribution in [0.25, 0.3) is 6.08 Å². The maximum Gasteiger partial charge on any atom is 0.253 e. The molecule has 1 aliphatic rings. The topological polar surface area (TPSA) is 66.5 Å². The highest BCUT2D eigenvalue weighted by Gasteiger charge is 2.22. The Hall–Kier alpha value is -2.69. The van der Waals surface area contributed by atoms with Crippen LogP contribution in [0.15, 0.2) is 48.6 Å². The fourth-order valence-corrected chi connectivity index (χ4v) is 2.40. The summed E-state index contributed by atoms with van der Waals surface area (Å²) < 4.78 is 0. The lowest BCUT2D eigenvalue weighted by Gasteiger charge is -2.12. The standard InChI is InChI=1S/C19H22N2O3/c22-17(20-14-7-10-16-8-3-1-4-9-16)11-5-2-6-15-21-18(23)12-13-19(21)24/h1,3-4,7-10,12-13H,2,5-6,11,14-15H2,(H,20,22). The first kappa shape index (κ1) is 17.7. The van der Waals surface area contributed by atoms with Crippen LogP contribution >= 0.6 is 0 Å². The summed E-state index contributed by atoms with van der Waals surface area (Å²) >= 11 is 0. The first-order chi connectivity index (χ1) is 11.7. The average molecular weight is 326 g/mol. The van der Waals surface area contributed by atoms with Crippen LogP contribution in [0.4, 0.5) is 0 Å². The molecule has 0 saturated carbocycles. The van der Waals surface area contributed by atoms with Gasteiger partial charge in [0.15, 0.2) is 0 Å². The van der Waals surface area contributed by atoms with Crippen LogP contribution in [-0.2, 0) is 14.4 Å². The van der Waals surface area contributed by atoms with Crippen LogP contribution in [0.2, 0.25) is 0 Å². The highest BCUT2D eigenvalue weighted by Crippen LogP contribution is 2.07. The zero-order chi connectivity index (χ0) is 17.2. The van der Waals surface area contributed by atoms with Crippen molar-refractivity contribution in [2.24, 2.45) is 0 Å². The summed E-state index contributed by atoms with van der Waals surface area (Å²) in [5.41, 5.74) is 1.10. The molecule has 2 rings (SSSR count). The van der Waals surface area contributed by atoms with Gasteiger partial charge in [-0.1, -0.05) is 48.9 Å². The van der Waals surface area contributed by atoms with Crippen LogP contribution in [0, 0.1) is 0 Å². The van der Waals surface area contributed by atoms with Gasteiger partial charge in [-0.3, -0.25) is 19.3 Å². The zero-order valence-corrected chi connectivity index (χ0v) is 13.6. The van der Waals surface area contributed by atoms with E-state index in [1.807, 2.05) is 42.5 Å². The van der Waals surface area contributed by atoms with Gasteiger partial charge in [0.05, 0.1) is 0 Å². The number of nitrogens with one attached hydrogen (secondary N) is 1. The highest BCUT2D eigenvalue weighted by atomic mass is 16.2. The molecule has 0 aromatic heterocycles. The van der Waals surface area contributed by atoms with E-state index in [4.69, 9.17) is 0 Å². The Balaban J connectivity index is 1.51. The second kappa shape index (κ2) is 9.45. The minimum Gasteiger partial charge on any atom is -0.353 e. The Morgan fingerprint density at radius 3 is 2.42 bits per heavy atom. The van der Waals surface area contributed by atoms with Gasteiger partial charge in [-0.05, 0) is 18.4 Å². The van der Waals surface area contributed by atoms with Crippen molar-refractivity contribution in [2.75, 3.05) is 13.1 Å². The monoisotopic (exact) mass is 326 g/mol. The number of carbonyl (C=O) groups is 3. The minimum atomic E-state index is -0.247. The van der Waals surface area contributed by atoms with Crippen LogP contribution in [-0.4, -0.2) is 35.7 Å². The molecule has 0 spiro atoms. The molecule has 0 bridgehead atoms. The smallest absolute Gasteiger partial charge is 0.253 e. The number of benzene rings is 1. The number of nitrogens with zero attached hydrogens (tertiary/aromatic N) is 1. The summed E-state index contributed by atoms with van der Waals surface area (Å²) in [5, 5.41) is 2.84. The fourth-order valence-electron chi connectivity index (χ4n) is 2.40. The molecular weight excluding hydrogens is 304 g/mol. The SMILES string of the molecule is O=C(CCCCCN1C(=O)C=CC1=O)NCC=Cc1ccccc1. The lowest BCUT2D eigenvalue weighted by molar-refractivity contribution is -0.136. The predicted octanol–water partition coefficient (Wildman–Crippen LogP) is 2.30. The van der Waals surface area contributed by atoms with Crippen molar-refractivity contribution in [2.45, 2.75) is 25.7 Å². The molecule has 0 aliphatic carbocycles. The maximum atomic E-state index is 11.7. The minimum absolute atomic E-state index is 0.0164. The first-order valence-electron chi connectivity index (χ1n) is 8.18. The molecule has 5 heteroatoms. The highest BCUT2D eigenvalue weighted by molar-refractivity contribution is 6.12. The second-order valence-corrected chi connectivity index (χ2v) is 5.59. The van der Waals surface area contributed by atoms with E-state index >= 15 is 0 Å². The van der Waals surface area contributed by atoms with E-state index in [1.54, 1.807) is 0 Å². The molecule has 5 nitrogen and oxygen atoms in total. The Morgan fingerprint density at radius 2 is 1.71 bits per heavy atom. The molecule has 0 saturated heterocycles. The number of rotatable bonds is 9. The van der Waals surface area contributed by atoms with E-state index in [-0.39, 0.29) is 17.7 Å². The van der Waals surface area contributed by atoms with Gasteiger partial charge in [0.2, 0.25) is 5.91 Å². The van der Waals surface area contributed by atoms with E-state index in [2.05, 4.69) is 5.32 Å². The number of imide groups is 1. The molecule has 0 unspecified atom stereocenters. The second-order valence-electron chi connectivity index (χ2n) is 5.59. The molecule has 1 N–H and O–H groups in total. The molecule has 3 amide bonds. The quantitative estimate of drug-likeness (QED) is 0.559. The number of carbonyl (C=O) groups excluding carboxylic acids is 3. The summed E-state index contributed by atoms with van der Waals surface area (Å²) in [6, 6.07) is 9.91. The molecular formula is C19H22N2O3. The number of amides is 3. The molecule has 0 atom stereocenters. The third-order valence-electron chi connectivity index (χ3n) is 3.71. The van der Waals surface area contributed by atoms with Gasteiger partial charge < -0.3 is 5.32 Å². The molecule has 1 heterocycles. The van der Waals surface area contributed by atoms with Gasteiger partial charge in [0.25, 0.3) is 11.8 Å². The van der Waals surface area contributed by atoms with Gasteiger partial charge in [0.1, 0.15) is 0 Å². The van der Waals surface area contributed by atoms with Crippen LogP contribution in [0.3, 0.4) is 0 Å². The van der Waals surface area contributed by atoms with Gasteiger partial charge in [-0.2, -0.15) is 0 Å². The molecule has 1 aromatic carbocycles. The Kier molecular flexibility index (Phi) is 6.95. The van der Waals surface area contributed by atoms with E-state index in [1.165, 1.54) is 17.1 Å². The van der Waals surface area contributed by atoms with E-state index in [0.717, 1.165) is 24.8 Å². The Labute approximate surface area is 142 Å². The maximum absolute atomic E-state index is 11.7. The molecule has 126 valence electrons. The van der Waals surface area contributed by atoms with E-state index in [9.17, 15) is 14.4 Å². The molecule has 1 aliphatic heterocycles. The Morgan fingerprint density at radius 1 is 1.00 bits per heavy atom. The van der Waals surface area contributed by atoms with Crippen LogP contribution < -0.4 is 5.32 Å². The average Bonchev–Trinajstić information content (AvgIpc) is 2.91. The number of hydrogen-bond donors (Lipinski definition) is 1. The fraction of sp³-hybridized carbons (Fsp3) is 0.316. The van der Waals surface area contributed by atoms with E-state index < -0.39 is 0 Å². The van der Waals surface area contributed by atoms with Crippen molar-refractivity contribution in [3.05, 3.63) is 54.1 Å². The van der Waals surface area contributed by atoms with Crippen molar-refractivity contribution in [3.63, 3.8) is 0 Å². The zero-order valence-electron chi connectivity index (χ0n) is 13.6. The van der Waals surface area contributed by atoms with Gasteiger partial charge in [-0.15, -0.1) is 0 Å². The van der Waals surface area contributed by atoms with Gasteiger partial charge in [-0.25, -0.2) is 0 Å². The molecule has 24 heavy (non-hydrogen) atoms. The summed E-state index contributed by atoms with van der Waals surface area (Å²) in [6.45, 7) is 0.933. The molecule has 1 aromatic rings. The summed E-state index contributed by atoms with van der Waals surface area (Å²) in [7, 11) is 0. The van der Waals surface area contributed by atoms with Crippen molar-refractivity contribution >= 4 is 23.8 Å². The lowest BCUT2D eigenvalue weighted by Crippen LogP contribution is -2.30. The third-order valence-corrected chi connectivity index (χ3v) is 3.71. The summed E-state index contributed by atoms with van der Waals surface area (Å²) in [4.78, 5) is 35.6.